The van der Waals surface area contributed by atoms with Gasteiger partial charge in [-0.1, -0.05) is 13.0 Å². The Morgan fingerprint density at radius 2 is 2.21 bits per heavy atom. The van der Waals surface area contributed by atoms with Gasteiger partial charge in [0.15, 0.2) is 4.77 Å². The Morgan fingerprint density at radius 1 is 1.42 bits per heavy atom. The Hall–Kier alpha value is -1.92. The molecule has 0 bridgehead atoms. The van der Waals surface area contributed by atoms with Crippen LogP contribution in [-0.4, -0.2) is 14.7 Å². The number of hydrogen-bond acceptors (Lipinski definition) is 4. The Labute approximate surface area is 148 Å². The second-order valence-corrected chi connectivity index (χ2v) is 8.11. The zero-order chi connectivity index (χ0) is 17.0. The highest BCUT2D eigenvalue weighted by atomic mass is 32.1. The summed E-state index contributed by atoms with van der Waals surface area (Å²) in [5.74, 6) is 0.704. The van der Waals surface area contributed by atoms with Crippen LogP contribution in [-0.2, 0) is 12.8 Å². The van der Waals surface area contributed by atoms with Gasteiger partial charge in [-0.2, -0.15) is 0 Å². The maximum Gasteiger partial charge on any atom is 0.268 e. The predicted molar refractivity (Wildman–Crippen MR) is 100 cm³/mol. The van der Waals surface area contributed by atoms with Gasteiger partial charge in [-0.25, -0.2) is 4.57 Å². The van der Waals surface area contributed by atoms with Gasteiger partial charge in [0.05, 0.1) is 11.1 Å². The number of rotatable bonds is 1. The summed E-state index contributed by atoms with van der Waals surface area (Å²) < 4.78 is 1.74. The van der Waals surface area contributed by atoms with Gasteiger partial charge in [0.25, 0.3) is 5.56 Å². The van der Waals surface area contributed by atoms with Crippen LogP contribution < -0.4 is 5.56 Å². The lowest BCUT2D eigenvalue weighted by Gasteiger charge is -2.17. The average molecular weight is 358 g/mol. The van der Waals surface area contributed by atoms with Crippen LogP contribution in [0.15, 0.2) is 23.0 Å². The fourth-order valence-corrected chi connectivity index (χ4v) is 5.20. The van der Waals surface area contributed by atoms with Gasteiger partial charge in [0.1, 0.15) is 10.6 Å². The topological polar surface area (TPSA) is 58.0 Å². The minimum absolute atomic E-state index is 0.0549. The van der Waals surface area contributed by atoms with Crippen LogP contribution in [0.4, 0.5) is 0 Å². The molecule has 0 saturated heterocycles. The van der Waals surface area contributed by atoms with Crippen molar-refractivity contribution < 1.29 is 5.11 Å². The van der Waals surface area contributed by atoms with E-state index >= 15 is 0 Å². The van der Waals surface area contributed by atoms with E-state index in [4.69, 9.17) is 12.2 Å². The molecule has 124 valence electrons. The summed E-state index contributed by atoms with van der Waals surface area (Å²) in [6, 6.07) is 5.19. The molecule has 0 unspecified atom stereocenters. The number of aromatic hydroxyl groups is 1. The van der Waals surface area contributed by atoms with Crippen LogP contribution in [0, 0.1) is 17.6 Å². The number of hydrogen-bond donors (Lipinski definition) is 2. The molecule has 1 atom stereocenters. The molecule has 0 aliphatic heterocycles. The first kappa shape index (κ1) is 15.6. The van der Waals surface area contributed by atoms with Gasteiger partial charge in [-0.15, -0.1) is 11.3 Å². The molecule has 0 saturated carbocycles. The van der Waals surface area contributed by atoms with Gasteiger partial charge in [0, 0.05) is 4.88 Å². The molecule has 0 fully saturated rings. The number of aromatic amines is 1. The van der Waals surface area contributed by atoms with Crippen molar-refractivity contribution in [2.24, 2.45) is 5.92 Å². The van der Waals surface area contributed by atoms with Crippen molar-refractivity contribution in [1.82, 2.24) is 9.55 Å². The smallest absolute Gasteiger partial charge is 0.268 e. The quantitative estimate of drug-likeness (QED) is 0.640. The maximum atomic E-state index is 13.2. The molecule has 2 heterocycles. The molecule has 0 spiro atoms. The van der Waals surface area contributed by atoms with Crippen molar-refractivity contribution in [2.45, 2.75) is 33.1 Å². The van der Waals surface area contributed by atoms with E-state index in [1.165, 1.54) is 9.44 Å². The number of fused-ring (bicyclic) bond motifs is 3. The van der Waals surface area contributed by atoms with Crippen molar-refractivity contribution in [3.05, 3.63) is 49.3 Å². The number of phenols is 1. The Morgan fingerprint density at radius 3 is 3.00 bits per heavy atom. The van der Waals surface area contributed by atoms with E-state index in [1.807, 2.05) is 13.0 Å². The number of thiophene rings is 1. The van der Waals surface area contributed by atoms with E-state index in [0.29, 0.717) is 16.4 Å². The maximum absolute atomic E-state index is 13.2. The average Bonchev–Trinajstić information content (AvgIpc) is 2.87. The molecule has 3 aromatic rings. The van der Waals surface area contributed by atoms with Crippen LogP contribution in [0.3, 0.4) is 0 Å². The molecule has 24 heavy (non-hydrogen) atoms. The minimum atomic E-state index is -0.137. The highest BCUT2D eigenvalue weighted by Crippen LogP contribution is 2.36. The molecule has 4 rings (SSSR count). The summed E-state index contributed by atoms with van der Waals surface area (Å²) >= 11 is 7.06. The summed E-state index contributed by atoms with van der Waals surface area (Å²) in [5, 5.41) is 10.9. The third kappa shape index (κ3) is 2.32. The summed E-state index contributed by atoms with van der Waals surface area (Å²) in [6.07, 6.45) is 3.05. The fourth-order valence-electron chi connectivity index (χ4n) is 3.45. The normalized spacial score (nSPS) is 17.2. The van der Waals surface area contributed by atoms with E-state index in [2.05, 4.69) is 11.9 Å². The monoisotopic (exact) mass is 358 g/mol. The van der Waals surface area contributed by atoms with Crippen LogP contribution in [0.5, 0.6) is 5.75 Å². The molecular weight excluding hydrogens is 340 g/mol. The van der Waals surface area contributed by atoms with Gasteiger partial charge < -0.3 is 10.1 Å². The summed E-state index contributed by atoms with van der Waals surface area (Å²) in [6.45, 7) is 4.17. The van der Waals surface area contributed by atoms with Crippen LogP contribution in [0.2, 0.25) is 0 Å². The standard InChI is InChI=1S/C18H18N2O2S2/c1-9-4-6-13(21)12(7-9)20-17(22)15-11-5-3-10(2)8-14(11)24-16(15)19-18(20)23/h4,6-7,10,21H,3,5,8H2,1-2H3,(H,19,23)/t10-/m1/s1. The molecule has 1 aromatic carbocycles. The summed E-state index contributed by atoms with van der Waals surface area (Å²) in [7, 11) is 0. The van der Waals surface area contributed by atoms with Crippen LogP contribution >= 0.6 is 23.6 Å². The molecular formula is C18H18N2O2S2. The predicted octanol–water partition coefficient (Wildman–Crippen LogP) is 4.25. The lowest BCUT2D eigenvalue weighted by molar-refractivity contribution is 0.471. The van der Waals surface area contributed by atoms with Crippen molar-refractivity contribution in [3.63, 3.8) is 0 Å². The Bertz CT molecular complexity index is 1080. The van der Waals surface area contributed by atoms with E-state index in [0.717, 1.165) is 40.6 Å². The number of phenolic OH excluding ortho intramolecular Hbond substituents is 1. The number of H-pyrrole nitrogens is 1. The third-order valence-corrected chi connectivity index (χ3v) is 6.18. The zero-order valence-corrected chi connectivity index (χ0v) is 15.2. The lowest BCUT2D eigenvalue weighted by Crippen LogP contribution is -2.21. The molecule has 1 aliphatic rings. The third-order valence-electron chi connectivity index (χ3n) is 4.72. The number of aryl methyl sites for hydroxylation is 2. The first-order chi connectivity index (χ1) is 11.5. The molecule has 6 heteroatoms. The molecule has 4 nitrogen and oxygen atoms in total. The van der Waals surface area contributed by atoms with Gasteiger partial charge in [-0.3, -0.25) is 4.79 Å². The number of aromatic nitrogens is 2. The second kappa shape index (κ2) is 5.57. The van der Waals surface area contributed by atoms with E-state index in [9.17, 15) is 9.90 Å². The van der Waals surface area contributed by atoms with E-state index in [-0.39, 0.29) is 11.3 Å². The first-order valence-corrected chi connectivity index (χ1v) is 9.27. The molecule has 2 aromatic heterocycles. The molecule has 2 N–H and O–H groups in total. The SMILES string of the molecule is Cc1ccc(O)c(-n2c(=S)[nH]c3sc4c(c3c2=O)CC[C@@H](C)C4)c1. The van der Waals surface area contributed by atoms with Crippen molar-refractivity contribution >= 4 is 33.8 Å². The Balaban J connectivity index is 2.06. The highest BCUT2D eigenvalue weighted by Gasteiger charge is 2.24. The summed E-state index contributed by atoms with van der Waals surface area (Å²) in [5.41, 5.74) is 2.42. The van der Waals surface area contributed by atoms with Gasteiger partial charge in [-0.05, 0) is 67.6 Å². The van der Waals surface area contributed by atoms with E-state index in [1.54, 1.807) is 23.5 Å². The molecule has 1 aliphatic carbocycles. The largest absolute Gasteiger partial charge is 0.506 e. The fraction of sp³-hybridized carbons (Fsp3) is 0.333. The van der Waals surface area contributed by atoms with Gasteiger partial charge >= 0.3 is 0 Å². The highest BCUT2D eigenvalue weighted by molar-refractivity contribution is 7.71. The number of benzene rings is 1. The van der Waals surface area contributed by atoms with Crippen molar-refractivity contribution in [1.29, 1.82) is 0 Å². The van der Waals surface area contributed by atoms with Crippen molar-refractivity contribution in [3.8, 4) is 11.4 Å². The van der Waals surface area contributed by atoms with Crippen LogP contribution in [0.1, 0.15) is 29.3 Å². The molecule has 0 radical (unpaired) electrons. The number of nitrogens with one attached hydrogen (secondary N) is 1. The minimum Gasteiger partial charge on any atom is -0.506 e. The lowest BCUT2D eigenvalue weighted by atomic mass is 9.89. The summed E-state index contributed by atoms with van der Waals surface area (Å²) in [4.78, 5) is 18.5. The Kier molecular flexibility index (Phi) is 3.62. The van der Waals surface area contributed by atoms with Crippen LogP contribution in [0.25, 0.3) is 15.9 Å². The van der Waals surface area contributed by atoms with E-state index < -0.39 is 0 Å². The second-order valence-electron chi connectivity index (χ2n) is 6.62. The van der Waals surface area contributed by atoms with Gasteiger partial charge in [0.2, 0.25) is 0 Å². The zero-order valence-electron chi connectivity index (χ0n) is 13.5. The van der Waals surface area contributed by atoms with Crippen molar-refractivity contribution in [2.75, 3.05) is 0 Å². The number of nitrogens with zero attached hydrogens (tertiary/aromatic N) is 1. The molecule has 0 amide bonds. The first-order valence-electron chi connectivity index (χ1n) is 8.05.